The van der Waals surface area contributed by atoms with Crippen LogP contribution in [0.3, 0.4) is 0 Å². The van der Waals surface area contributed by atoms with Crippen molar-refractivity contribution in [2.24, 2.45) is 29.1 Å². The molecule has 0 unspecified atom stereocenters. The molecule has 4 bridgehead atoms. The van der Waals surface area contributed by atoms with Gasteiger partial charge >= 0.3 is 11.9 Å². The van der Waals surface area contributed by atoms with Crippen molar-refractivity contribution in [3.8, 4) is 0 Å². The summed E-state index contributed by atoms with van der Waals surface area (Å²) >= 11 is 0. The van der Waals surface area contributed by atoms with E-state index < -0.39 is 18.0 Å². The molecule has 4 fully saturated rings. The van der Waals surface area contributed by atoms with Crippen LogP contribution in [-0.2, 0) is 23.9 Å². The highest BCUT2D eigenvalue weighted by Crippen LogP contribution is 2.60. The molecule has 4 rings (SSSR count). The summed E-state index contributed by atoms with van der Waals surface area (Å²) in [6, 6.07) is -0.815. The summed E-state index contributed by atoms with van der Waals surface area (Å²) in [6.45, 7) is 1.76. The molecule has 6 heteroatoms. The van der Waals surface area contributed by atoms with Crippen molar-refractivity contribution in [3.63, 3.8) is 0 Å². The third-order valence-corrected chi connectivity index (χ3v) is 6.55. The van der Waals surface area contributed by atoms with Crippen molar-refractivity contribution in [1.82, 2.24) is 5.32 Å². The molecule has 0 spiro atoms. The van der Waals surface area contributed by atoms with Crippen LogP contribution in [0.25, 0.3) is 0 Å². The molecule has 4 aliphatic rings. The first-order valence-corrected chi connectivity index (χ1v) is 9.32. The van der Waals surface area contributed by atoms with Crippen LogP contribution in [0, 0.1) is 29.1 Å². The highest BCUT2D eigenvalue weighted by molar-refractivity contribution is 5.89. The third-order valence-electron chi connectivity index (χ3n) is 6.55. The van der Waals surface area contributed by atoms with E-state index in [2.05, 4.69) is 10.1 Å². The van der Waals surface area contributed by atoms with Gasteiger partial charge in [-0.15, -0.1) is 0 Å². The summed E-state index contributed by atoms with van der Waals surface area (Å²) in [5, 5.41) is 2.93. The van der Waals surface area contributed by atoms with Gasteiger partial charge in [-0.25, -0.2) is 4.79 Å². The fourth-order valence-corrected chi connectivity index (χ4v) is 5.71. The molecule has 0 aromatic rings. The molecule has 25 heavy (non-hydrogen) atoms. The summed E-state index contributed by atoms with van der Waals surface area (Å²) in [6.07, 6.45) is 6.64. The molecule has 1 amide bonds. The lowest BCUT2D eigenvalue weighted by molar-refractivity contribution is -0.155. The highest BCUT2D eigenvalue weighted by Gasteiger charge is 2.55. The Labute approximate surface area is 149 Å². The van der Waals surface area contributed by atoms with E-state index in [4.69, 9.17) is 4.74 Å². The third kappa shape index (κ3) is 3.53. The lowest BCUT2D eigenvalue weighted by Gasteiger charge is -2.55. The Bertz CT molecular complexity index is 523. The zero-order valence-corrected chi connectivity index (χ0v) is 15.4. The van der Waals surface area contributed by atoms with Crippen molar-refractivity contribution >= 4 is 17.8 Å². The van der Waals surface area contributed by atoms with Crippen LogP contribution in [0.5, 0.6) is 0 Å². The maximum absolute atomic E-state index is 13.2. The maximum atomic E-state index is 13.2. The monoisotopic (exact) mass is 351 g/mol. The molecule has 2 atom stereocenters. The SMILES string of the molecule is COC(=O)C[C@@H](C)[C@@H](NC(=O)C12CC3CC(CC(C3)C1)C2)C(=O)OC. The Kier molecular flexibility index (Phi) is 5.07. The zero-order valence-electron chi connectivity index (χ0n) is 15.4. The van der Waals surface area contributed by atoms with Gasteiger partial charge in [-0.1, -0.05) is 6.92 Å². The summed E-state index contributed by atoms with van der Waals surface area (Å²) in [5.41, 5.74) is -0.327. The smallest absolute Gasteiger partial charge is 0.328 e. The second-order valence-corrected chi connectivity index (χ2v) is 8.43. The molecule has 0 aromatic carbocycles. The molecule has 1 N–H and O–H groups in total. The number of hydrogen-bond donors (Lipinski definition) is 1. The number of amides is 1. The van der Waals surface area contributed by atoms with Crippen molar-refractivity contribution in [1.29, 1.82) is 0 Å². The Balaban J connectivity index is 1.72. The van der Waals surface area contributed by atoms with Crippen molar-refractivity contribution in [2.75, 3.05) is 14.2 Å². The van der Waals surface area contributed by atoms with E-state index >= 15 is 0 Å². The standard InChI is InChI=1S/C19H29NO5/c1-11(4-15(21)24-2)16(17(22)25-3)20-18(23)19-8-12-5-13(9-19)7-14(6-12)10-19/h11-14,16H,4-10H2,1-3H3,(H,20,23)/t11-,12?,13?,14?,16-,19?/m1/s1. The number of hydrogen-bond acceptors (Lipinski definition) is 5. The number of rotatable bonds is 6. The number of nitrogens with one attached hydrogen (secondary N) is 1. The van der Waals surface area contributed by atoms with E-state index in [0.29, 0.717) is 17.8 Å². The van der Waals surface area contributed by atoms with Gasteiger partial charge in [0.1, 0.15) is 6.04 Å². The molecule has 0 heterocycles. The molecule has 0 saturated heterocycles. The topological polar surface area (TPSA) is 81.7 Å². The molecule has 4 aliphatic carbocycles. The predicted molar refractivity (Wildman–Crippen MR) is 90.3 cm³/mol. The summed E-state index contributed by atoms with van der Waals surface area (Å²) < 4.78 is 9.55. The number of esters is 2. The first kappa shape index (κ1) is 18.2. The normalized spacial score (nSPS) is 34.9. The minimum Gasteiger partial charge on any atom is -0.469 e. The fourth-order valence-electron chi connectivity index (χ4n) is 5.71. The number of methoxy groups -OCH3 is 2. The van der Waals surface area contributed by atoms with Crippen molar-refractivity contribution < 1.29 is 23.9 Å². The number of carbonyl (C=O) groups excluding carboxylic acids is 3. The van der Waals surface area contributed by atoms with E-state index in [-0.39, 0.29) is 23.7 Å². The van der Waals surface area contributed by atoms with Gasteiger partial charge in [-0.3, -0.25) is 9.59 Å². The number of ether oxygens (including phenoxy) is 2. The van der Waals surface area contributed by atoms with Crippen LogP contribution < -0.4 is 5.32 Å². The summed E-state index contributed by atoms with van der Waals surface area (Å²) in [7, 11) is 2.62. The van der Waals surface area contributed by atoms with Gasteiger partial charge in [-0.2, -0.15) is 0 Å². The predicted octanol–water partition coefficient (Wildman–Crippen LogP) is 2.06. The Hall–Kier alpha value is -1.59. The van der Waals surface area contributed by atoms with Crippen LogP contribution in [0.4, 0.5) is 0 Å². The van der Waals surface area contributed by atoms with Crippen LogP contribution in [0.1, 0.15) is 51.9 Å². The van der Waals surface area contributed by atoms with Gasteiger partial charge in [0.25, 0.3) is 0 Å². The van der Waals surface area contributed by atoms with Crippen molar-refractivity contribution in [3.05, 3.63) is 0 Å². The highest BCUT2D eigenvalue weighted by atomic mass is 16.5. The van der Waals surface area contributed by atoms with Gasteiger partial charge in [0, 0.05) is 5.41 Å². The maximum Gasteiger partial charge on any atom is 0.328 e. The molecular weight excluding hydrogens is 322 g/mol. The molecule has 0 aliphatic heterocycles. The molecule has 0 radical (unpaired) electrons. The average Bonchev–Trinajstić information content (AvgIpc) is 2.57. The average molecular weight is 351 g/mol. The molecular formula is C19H29NO5. The fraction of sp³-hybridized carbons (Fsp3) is 0.842. The Morgan fingerprint density at radius 2 is 1.52 bits per heavy atom. The quantitative estimate of drug-likeness (QED) is 0.741. The minimum atomic E-state index is -0.815. The molecule has 0 aromatic heterocycles. The zero-order chi connectivity index (χ0) is 18.2. The van der Waals surface area contributed by atoms with E-state index in [9.17, 15) is 14.4 Å². The van der Waals surface area contributed by atoms with E-state index in [1.54, 1.807) is 6.92 Å². The van der Waals surface area contributed by atoms with Gasteiger partial charge in [-0.05, 0) is 62.2 Å². The summed E-state index contributed by atoms with van der Waals surface area (Å²) in [4.78, 5) is 36.9. The van der Waals surface area contributed by atoms with Gasteiger partial charge in [0.2, 0.25) is 5.91 Å². The van der Waals surface area contributed by atoms with Crippen LogP contribution in [0.2, 0.25) is 0 Å². The second-order valence-electron chi connectivity index (χ2n) is 8.43. The molecule has 140 valence electrons. The first-order valence-electron chi connectivity index (χ1n) is 9.32. The first-order chi connectivity index (χ1) is 11.9. The minimum absolute atomic E-state index is 0.0290. The van der Waals surface area contributed by atoms with Crippen molar-refractivity contribution in [2.45, 2.75) is 57.9 Å². The molecule has 6 nitrogen and oxygen atoms in total. The largest absolute Gasteiger partial charge is 0.469 e. The Morgan fingerprint density at radius 1 is 1.00 bits per heavy atom. The summed E-state index contributed by atoms with van der Waals surface area (Å²) in [5.74, 6) is 0.652. The van der Waals surface area contributed by atoms with Crippen LogP contribution >= 0.6 is 0 Å². The second kappa shape index (κ2) is 6.96. The Morgan fingerprint density at radius 3 is 1.96 bits per heavy atom. The van der Waals surface area contributed by atoms with Crippen LogP contribution in [0.15, 0.2) is 0 Å². The van der Waals surface area contributed by atoms with E-state index in [1.807, 2.05) is 0 Å². The number of carbonyl (C=O) groups is 3. The van der Waals surface area contributed by atoms with Gasteiger partial charge in [0.15, 0.2) is 0 Å². The molecule has 4 saturated carbocycles. The lowest BCUT2D eigenvalue weighted by atomic mass is 9.49. The van der Waals surface area contributed by atoms with Gasteiger partial charge in [0.05, 0.1) is 20.6 Å². The lowest BCUT2D eigenvalue weighted by Crippen LogP contribution is -2.57. The van der Waals surface area contributed by atoms with E-state index in [1.165, 1.54) is 33.5 Å². The van der Waals surface area contributed by atoms with Crippen LogP contribution in [-0.4, -0.2) is 38.1 Å². The van der Waals surface area contributed by atoms with E-state index in [0.717, 1.165) is 19.3 Å². The van der Waals surface area contributed by atoms with Gasteiger partial charge < -0.3 is 14.8 Å².